The van der Waals surface area contributed by atoms with Crippen molar-refractivity contribution in [2.45, 2.75) is 0 Å². The summed E-state index contributed by atoms with van der Waals surface area (Å²) in [6.45, 7) is 4.23. The standard InChI is InChI=1S/C17H15N5S/c1-2-10-18-17(23)22-15-9-8-13-16(21-15)20-14(11-19-13)12-6-4-3-5-7-12/h2-9,11H,1,10H2,(H2,18,20,21,22,23). The molecule has 0 atom stereocenters. The molecular formula is C17H15N5S. The van der Waals surface area contributed by atoms with Crippen LogP contribution in [-0.4, -0.2) is 26.6 Å². The number of benzene rings is 1. The van der Waals surface area contributed by atoms with Crippen LogP contribution in [0.1, 0.15) is 0 Å². The maximum absolute atomic E-state index is 5.18. The summed E-state index contributed by atoms with van der Waals surface area (Å²) in [7, 11) is 0. The van der Waals surface area contributed by atoms with Crippen LogP contribution in [0.25, 0.3) is 22.4 Å². The van der Waals surface area contributed by atoms with E-state index in [4.69, 9.17) is 12.2 Å². The zero-order valence-electron chi connectivity index (χ0n) is 12.4. The van der Waals surface area contributed by atoms with Crippen molar-refractivity contribution < 1.29 is 0 Å². The Morgan fingerprint density at radius 3 is 2.74 bits per heavy atom. The lowest BCUT2D eigenvalue weighted by atomic mass is 10.2. The molecule has 0 aliphatic rings. The normalized spacial score (nSPS) is 10.3. The van der Waals surface area contributed by atoms with Gasteiger partial charge in [0, 0.05) is 12.1 Å². The van der Waals surface area contributed by atoms with Gasteiger partial charge in [-0.3, -0.25) is 4.98 Å². The van der Waals surface area contributed by atoms with Gasteiger partial charge in [-0.15, -0.1) is 6.58 Å². The number of nitrogens with zero attached hydrogens (tertiary/aromatic N) is 3. The molecule has 0 fully saturated rings. The number of anilines is 1. The summed E-state index contributed by atoms with van der Waals surface area (Å²) in [5.41, 5.74) is 3.10. The monoisotopic (exact) mass is 321 g/mol. The molecule has 0 spiro atoms. The van der Waals surface area contributed by atoms with Crippen molar-refractivity contribution >= 4 is 34.3 Å². The fraction of sp³-hybridized carbons (Fsp3) is 0.0588. The summed E-state index contributed by atoms with van der Waals surface area (Å²) in [4.78, 5) is 13.5. The number of aromatic nitrogens is 3. The van der Waals surface area contributed by atoms with Gasteiger partial charge in [-0.25, -0.2) is 9.97 Å². The third kappa shape index (κ3) is 3.67. The van der Waals surface area contributed by atoms with Crippen LogP contribution >= 0.6 is 12.2 Å². The van der Waals surface area contributed by atoms with Crippen LogP contribution in [-0.2, 0) is 0 Å². The lowest BCUT2D eigenvalue weighted by Gasteiger charge is -2.08. The van der Waals surface area contributed by atoms with E-state index in [0.717, 1.165) is 16.8 Å². The number of thiocarbonyl (C=S) groups is 1. The zero-order chi connectivity index (χ0) is 16.1. The van der Waals surface area contributed by atoms with Crippen LogP contribution in [0.3, 0.4) is 0 Å². The molecule has 0 aliphatic carbocycles. The molecule has 0 saturated carbocycles. The smallest absolute Gasteiger partial charge is 0.180 e. The van der Waals surface area contributed by atoms with Gasteiger partial charge >= 0.3 is 0 Å². The molecule has 23 heavy (non-hydrogen) atoms. The van der Waals surface area contributed by atoms with Crippen molar-refractivity contribution in [2.75, 3.05) is 11.9 Å². The Morgan fingerprint density at radius 2 is 1.96 bits per heavy atom. The van der Waals surface area contributed by atoms with E-state index < -0.39 is 0 Å². The molecule has 0 radical (unpaired) electrons. The second-order valence-electron chi connectivity index (χ2n) is 4.78. The summed E-state index contributed by atoms with van der Waals surface area (Å²) < 4.78 is 0. The van der Waals surface area contributed by atoms with E-state index in [1.807, 2.05) is 42.5 Å². The Kier molecular flexibility index (Phi) is 4.54. The Bertz CT molecular complexity index is 848. The second-order valence-corrected chi connectivity index (χ2v) is 5.19. The summed E-state index contributed by atoms with van der Waals surface area (Å²) in [6.07, 6.45) is 3.49. The predicted octanol–water partition coefficient (Wildman–Crippen LogP) is 3.16. The van der Waals surface area contributed by atoms with Crippen LogP contribution in [0.4, 0.5) is 5.82 Å². The van der Waals surface area contributed by atoms with Gasteiger partial charge in [0.15, 0.2) is 10.8 Å². The molecule has 3 aromatic rings. The van der Waals surface area contributed by atoms with Crippen molar-refractivity contribution in [3.63, 3.8) is 0 Å². The summed E-state index contributed by atoms with van der Waals surface area (Å²) in [5, 5.41) is 6.50. The highest BCUT2D eigenvalue weighted by molar-refractivity contribution is 7.80. The highest BCUT2D eigenvalue weighted by Crippen LogP contribution is 2.18. The van der Waals surface area contributed by atoms with E-state index >= 15 is 0 Å². The number of nitrogens with one attached hydrogen (secondary N) is 2. The van der Waals surface area contributed by atoms with Crippen molar-refractivity contribution in [1.82, 2.24) is 20.3 Å². The molecule has 0 amide bonds. The van der Waals surface area contributed by atoms with Gasteiger partial charge in [-0.2, -0.15) is 0 Å². The van der Waals surface area contributed by atoms with Gasteiger partial charge in [0.25, 0.3) is 0 Å². The third-order valence-corrected chi connectivity index (χ3v) is 3.37. The van der Waals surface area contributed by atoms with Gasteiger partial charge in [0.05, 0.1) is 11.9 Å². The van der Waals surface area contributed by atoms with E-state index in [1.54, 1.807) is 12.3 Å². The number of hydrogen-bond donors (Lipinski definition) is 2. The quantitative estimate of drug-likeness (QED) is 0.568. The lowest BCUT2D eigenvalue weighted by molar-refractivity contribution is 1.06. The molecule has 3 rings (SSSR count). The summed E-state index contributed by atoms with van der Waals surface area (Å²) in [6, 6.07) is 13.6. The molecule has 114 valence electrons. The van der Waals surface area contributed by atoms with E-state index in [2.05, 4.69) is 32.2 Å². The molecule has 5 nitrogen and oxygen atoms in total. The molecule has 0 saturated heterocycles. The third-order valence-electron chi connectivity index (χ3n) is 3.12. The Hall–Kier alpha value is -2.86. The molecule has 2 heterocycles. The van der Waals surface area contributed by atoms with Crippen molar-refractivity contribution in [2.24, 2.45) is 0 Å². The maximum atomic E-state index is 5.18. The first-order valence-electron chi connectivity index (χ1n) is 7.11. The average Bonchev–Trinajstić information content (AvgIpc) is 2.60. The van der Waals surface area contributed by atoms with Crippen molar-refractivity contribution in [3.05, 3.63) is 61.3 Å². The Balaban J connectivity index is 1.89. The molecule has 2 N–H and O–H groups in total. The van der Waals surface area contributed by atoms with Crippen molar-refractivity contribution in [1.29, 1.82) is 0 Å². The first kappa shape index (κ1) is 15.1. The van der Waals surface area contributed by atoms with Crippen LogP contribution in [0.5, 0.6) is 0 Å². The van der Waals surface area contributed by atoms with E-state index in [-0.39, 0.29) is 0 Å². The minimum Gasteiger partial charge on any atom is -0.359 e. The molecule has 6 heteroatoms. The molecule has 0 bridgehead atoms. The Labute approximate surface area is 139 Å². The second kappa shape index (κ2) is 6.93. The largest absolute Gasteiger partial charge is 0.359 e. The summed E-state index contributed by atoms with van der Waals surface area (Å²) in [5.74, 6) is 0.624. The fourth-order valence-corrected chi connectivity index (χ4v) is 2.23. The van der Waals surface area contributed by atoms with Crippen LogP contribution in [0.15, 0.2) is 61.3 Å². The van der Waals surface area contributed by atoms with Gasteiger partial charge in [0.2, 0.25) is 0 Å². The lowest BCUT2D eigenvalue weighted by Crippen LogP contribution is -2.28. The first-order valence-corrected chi connectivity index (χ1v) is 7.52. The highest BCUT2D eigenvalue weighted by Gasteiger charge is 2.05. The molecule has 2 aromatic heterocycles. The zero-order valence-corrected chi connectivity index (χ0v) is 13.2. The van der Waals surface area contributed by atoms with Gasteiger partial charge in [-0.1, -0.05) is 36.4 Å². The van der Waals surface area contributed by atoms with Crippen LogP contribution in [0, 0.1) is 0 Å². The maximum Gasteiger partial charge on any atom is 0.180 e. The predicted molar refractivity (Wildman–Crippen MR) is 97.2 cm³/mol. The number of pyridine rings is 1. The van der Waals surface area contributed by atoms with E-state index in [1.165, 1.54) is 0 Å². The fourth-order valence-electron chi connectivity index (χ4n) is 2.04. The topological polar surface area (TPSA) is 62.7 Å². The summed E-state index contributed by atoms with van der Waals surface area (Å²) >= 11 is 5.18. The van der Waals surface area contributed by atoms with E-state index in [9.17, 15) is 0 Å². The highest BCUT2D eigenvalue weighted by atomic mass is 32.1. The molecule has 0 aliphatic heterocycles. The van der Waals surface area contributed by atoms with Crippen molar-refractivity contribution in [3.8, 4) is 11.3 Å². The first-order chi connectivity index (χ1) is 11.3. The van der Waals surface area contributed by atoms with Gasteiger partial charge in [-0.05, 0) is 24.4 Å². The van der Waals surface area contributed by atoms with E-state index in [0.29, 0.717) is 23.1 Å². The molecular weight excluding hydrogens is 306 g/mol. The minimum absolute atomic E-state index is 0.490. The van der Waals surface area contributed by atoms with Crippen LogP contribution in [0.2, 0.25) is 0 Å². The number of hydrogen-bond acceptors (Lipinski definition) is 4. The molecule has 1 aromatic carbocycles. The SMILES string of the molecule is C=CCNC(=S)Nc1ccc2ncc(-c3ccccc3)nc2n1. The van der Waals surface area contributed by atoms with Gasteiger partial charge in [0.1, 0.15) is 11.3 Å². The number of fused-ring (bicyclic) bond motifs is 1. The Morgan fingerprint density at radius 1 is 1.13 bits per heavy atom. The molecule has 0 unspecified atom stereocenters. The minimum atomic E-state index is 0.490. The van der Waals surface area contributed by atoms with Gasteiger partial charge < -0.3 is 10.6 Å². The number of rotatable bonds is 4. The average molecular weight is 321 g/mol. The van der Waals surface area contributed by atoms with Crippen LogP contribution < -0.4 is 10.6 Å².